The molecule has 1 aliphatic heterocycles. The number of ether oxygens (including phenoxy) is 1. The SMILES string of the molecule is CN(C)C(=O)c1cccc(CN2C(=O)NC(C)(c3ccc(OC(F)F)cc3)C2=O)c1. The van der Waals surface area contributed by atoms with E-state index >= 15 is 0 Å². The molecule has 1 unspecified atom stereocenters. The van der Waals surface area contributed by atoms with E-state index in [1.807, 2.05) is 0 Å². The normalized spacial score (nSPS) is 18.5. The Kier molecular flexibility index (Phi) is 5.73. The molecule has 0 aliphatic carbocycles. The maximum Gasteiger partial charge on any atom is 0.387 e. The van der Waals surface area contributed by atoms with E-state index in [2.05, 4.69) is 10.1 Å². The van der Waals surface area contributed by atoms with E-state index in [1.165, 1.54) is 29.2 Å². The number of imide groups is 1. The zero-order chi connectivity index (χ0) is 22.1. The summed E-state index contributed by atoms with van der Waals surface area (Å²) >= 11 is 0. The highest BCUT2D eigenvalue weighted by atomic mass is 19.3. The second kappa shape index (κ2) is 8.10. The number of nitrogens with one attached hydrogen (secondary N) is 1. The number of nitrogens with zero attached hydrogens (tertiary/aromatic N) is 2. The van der Waals surface area contributed by atoms with E-state index in [0.29, 0.717) is 16.7 Å². The van der Waals surface area contributed by atoms with Crippen molar-refractivity contribution >= 4 is 17.8 Å². The molecule has 4 amide bonds. The van der Waals surface area contributed by atoms with Gasteiger partial charge in [0.25, 0.3) is 11.8 Å². The van der Waals surface area contributed by atoms with Gasteiger partial charge in [0.15, 0.2) is 0 Å². The van der Waals surface area contributed by atoms with Crippen molar-refractivity contribution in [3.8, 4) is 5.75 Å². The molecule has 2 aromatic rings. The predicted octanol–water partition coefficient (Wildman–Crippen LogP) is 2.96. The molecule has 0 saturated carbocycles. The molecule has 30 heavy (non-hydrogen) atoms. The first-order valence-corrected chi connectivity index (χ1v) is 9.12. The smallest absolute Gasteiger partial charge is 0.387 e. The summed E-state index contributed by atoms with van der Waals surface area (Å²) in [4.78, 5) is 40.2. The quantitative estimate of drug-likeness (QED) is 0.733. The number of rotatable bonds is 6. The van der Waals surface area contributed by atoms with Crippen LogP contribution >= 0.6 is 0 Å². The Bertz CT molecular complexity index is 978. The molecule has 0 bridgehead atoms. The molecule has 1 saturated heterocycles. The average molecular weight is 417 g/mol. The van der Waals surface area contributed by atoms with Crippen LogP contribution in [0.15, 0.2) is 48.5 Å². The van der Waals surface area contributed by atoms with Crippen molar-refractivity contribution in [1.29, 1.82) is 0 Å². The molecule has 7 nitrogen and oxygen atoms in total. The summed E-state index contributed by atoms with van der Waals surface area (Å²) in [6.07, 6.45) is 0. The summed E-state index contributed by atoms with van der Waals surface area (Å²) in [5.74, 6) is -0.724. The predicted molar refractivity (Wildman–Crippen MR) is 104 cm³/mol. The van der Waals surface area contributed by atoms with Gasteiger partial charge in [-0.2, -0.15) is 8.78 Å². The summed E-state index contributed by atoms with van der Waals surface area (Å²) in [6.45, 7) is -1.42. The number of benzene rings is 2. The van der Waals surface area contributed by atoms with Gasteiger partial charge in [-0.1, -0.05) is 24.3 Å². The van der Waals surface area contributed by atoms with Crippen molar-refractivity contribution in [3.05, 3.63) is 65.2 Å². The number of alkyl halides is 2. The van der Waals surface area contributed by atoms with Crippen LogP contribution < -0.4 is 10.1 Å². The summed E-state index contributed by atoms with van der Waals surface area (Å²) in [6, 6.07) is 11.6. The first kappa shape index (κ1) is 21.2. The molecule has 1 fully saturated rings. The fraction of sp³-hybridized carbons (Fsp3) is 0.286. The van der Waals surface area contributed by atoms with Crippen LogP contribution in [-0.4, -0.2) is 48.4 Å². The van der Waals surface area contributed by atoms with Gasteiger partial charge >= 0.3 is 12.6 Å². The summed E-state index contributed by atoms with van der Waals surface area (Å²) in [5.41, 5.74) is 0.150. The molecular weight excluding hydrogens is 396 g/mol. The van der Waals surface area contributed by atoms with Crippen molar-refractivity contribution in [2.24, 2.45) is 0 Å². The monoisotopic (exact) mass is 417 g/mol. The summed E-state index contributed by atoms with van der Waals surface area (Å²) in [7, 11) is 3.27. The largest absolute Gasteiger partial charge is 0.435 e. The van der Waals surface area contributed by atoms with Crippen LogP contribution in [0.3, 0.4) is 0 Å². The maximum atomic E-state index is 13.0. The first-order valence-electron chi connectivity index (χ1n) is 9.12. The van der Waals surface area contributed by atoms with Crippen LogP contribution in [0.5, 0.6) is 5.75 Å². The van der Waals surface area contributed by atoms with Crippen molar-refractivity contribution in [2.45, 2.75) is 25.6 Å². The van der Waals surface area contributed by atoms with Crippen LogP contribution in [0.2, 0.25) is 0 Å². The summed E-state index contributed by atoms with van der Waals surface area (Å²) < 4.78 is 29.0. The Morgan fingerprint density at radius 3 is 2.43 bits per heavy atom. The van der Waals surface area contributed by atoms with Gasteiger partial charge in [0, 0.05) is 19.7 Å². The average Bonchev–Trinajstić information content (AvgIpc) is 2.91. The van der Waals surface area contributed by atoms with Gasteiger partial charge < -0.3 is 15.0 Å². The summed E-state index contributed by atoms with van der Waals surface area (Å²) in [5, 5.41) is 2.66. The van der Waals surface area contributed by atoms with Crippen molar-refractivity contribution in [1.82, 2.24) is 15.1 Å². The number of hydrogen-bond acceptors (Lipinski definition) is 4. The number of urea groups is 1. The molecule has 3 rings (SSSR count). The number of amides is 4. The molecule has 158 valence electrons. The van der Waals surface area contributed by atoms with Crippen molar-refractivity contribution in [3.63, 3.8) is 0 Å². The van der Waals surface area contributed by atoms with E-state index in [1.54, 1.807) is 45.3 Å². The number of halogens is 2. The van der Waals surface area contributed by atoms with E-state index in [4.69, 9.17) is 0 Å². The van der Waals surface area contributed by atoms with Crippen LogP contribution in [0, 0.1) is 0 Å². The number of carbonyl (C=O) groups is 3. The van der Waals surface area contributed by atoms with Gasteiger partial charge in [0.05, 0.1) is 6.54 Å². The highest BCUT2D eigenvalue weighted by Gasteiger charge is 2.48. The Labute approximate surface area is 172 Å². The topological polar surface area (TPSA) is 79.0 Å². The Hall–Kier alpha value is -3.49. The Balaban J connectivity index is 1.81. The zero-order valence-corrected chi connectivity index (χ0v) is 16.7. The Morgan fingerprint density at radius 2 is 1.83 bits per heavy atom. The molecule has 1 N–H and O–H groups in total. The minimum atomic E-state index is -2.95. The second-order valence-electron chi connectivity index (χ2n) is 7.25. The van der Waals surface area contributed by atoms with Gasteiger partial charge in [-0.25, -0.2) is 4.79 Å². The van der Waals surface area contributed by atoms with Gasteiger partial charge in [-0.05, 0) is 42.3 Å². The van der Waals surface area contributed by atoms with Crippen LogP contribution in [0.4, 0.5) is 13.6 Å². The lowest BCUT2D eigenvalue weighted by Gasteiger charge is -2.22. The van der Waals surface area contributed by atoms with E-state index in [9.17, 15) is 23.2 Å². The lowest BCUT2D eigenvalue weighted by molar-refractivity contribution is -0.131. The molecule has 1 atom stereocenters. The van der Waals surface area contributed by atoms with E-state index in [-0.39, 0.29) is 18.2 Å². The molecule has 0 radical (unpaired) electrons. The third-order valence-electron chi connectivity index (χ3n) is 4.85. The molecule has 9 heteroatoms. The molecule has 1 heterocycles. The first-order chi connectivity index (χ1) is 14.1. The van der Waals surface area contributed by atoms with Gasteiger partial charge in [0.1, 0.15) is 11.3 Å². The minimum absolute atomic E-state index is 0.0125. The van der Waals surface area contributed by atoms with Crippen LogP contribution in [-0.2, 0) is 16.9 Å². The highest BCUT2D eigenvalue weighted by molar-refractivity contribution is 6.07. The molecule has 1 aliphatic rings. The Morgan fingerprint density at radius 1 is 1.17 bits per heavy atom. The molecule has 0 spiro atoms. The third kappa shape index (κ3) is 4.10. The van der Waals surface area contributed by atoms with Crippen LogP contribution in [0.1, 0.15) is 28.4 Å². The van der Waals surface area contributed by atoms with Gasteiger partial charge in [-0.15, -0.1) is 0 Å². The second-order valence-corrected chi connectivity index (χ2v) is 7.25. The fourth-order valence-corrected chi connectivity index (χ4v) is 3.25. The van der Waals surface area contributed by atoms with Gasteiger partial charge in [-0.3, -0.25) is 14.5 Å². The molecule has 2 aromatic carbocycles. The number of hydrogen-bond donors (Lipinski definition) is 1. The van der Waals surface area contributed by atoms with E-state index < -0.39 is 24.1 Å². The van der Waals surface area contributed by atoms with E-state index in [0.717, 1.165) is 4.90 Å². The fourth-order valence-electron chi connectivity index (χ4n) is 3.25. The third-order valence-corrected chi connectivity index (χ3v) is 4.85. The zero-order valence-electron chi connectivity index (χ0n) is 16.7. The highest BCUT2D eigenvalue weighted by Crippen LogP contribution is 2.31. The lowest BCUT2D eigenvalue weighted by atomic mass is 9.92. The minimum Gasteiger partial charge on any atom is -0.435 e. The van der Waals surface area contributed by atoms with Crippen molar-refractivity contribution < 1.29 is 27.9 Å². The van der Waals surface area contributed by atoms with Gasteiger partial charge in [0.2, 0.25) is 0 Å². The lowest BCUT2D eigenvalue weighted by Crippen LogP contribution is -2.40. The molecular formula is C21H21F2N3O4. The van der Waals surface area contributed by atoms with Crippen molar-refractivity contribution in [2.75, 3.05) is 14.1 Å². The standard InChI is InChI=1S/C21H21F2N3O4/c1-21(15-7-9-16(10-8-15)30-19(22)23)18(28)26(20(29)24-21)12-13-5-4-6-14(11-13)17(27)25(2)3/h4-11,19H,12H2,1-3H3,(H,24,29). The maximum absolute atomic E-state index is 13.0. The van der Waals surface area contributed by atoms with Crippen LogP contribution in [0.25, 0.3) is 0 Å². The molecule has 0 aromatic heterocycles. The number of carbonyl (C=O) groups excluding carboxylic acids is 3.